The van der Waals surface area contributed by atoms with Crippen LogP contribution in [-0.2, 0) is 4.74 Å². The number of para-hydroxylation sites is 1. The number of rotatable bonds is 5. The number of pyridine rings is 1. The van der Waals surface area contributed by atoms with Crippen molar-refractivity contribution in [1.29, 1.82) is 0 Å². The molecule has 0 radical (unpaired) electrons. The summed E-state index contributed by atoms with van der Waals surface area (Å²) in [5.74, 6) is 0.797. The van der Waals surface area contributed by atoms with E-state index in [4.69, 9.17) is 21.3 Å². The van der Waals surface area contributed by atoms with Gasteiger partial charge in [0, 0.05) is 42.2 Å². The summed E-state index contributed by atoms with van der Waals surface area (Å²) in [6.45, 7) is 6.57. The van der Waals surface area contributed by atoms with Gasteiger partial charge in [0.1, 0.15) is 0 Å². The summed E-state index contributed by atoms with van der Waals surface area (Å²) in [6.07, 6.45) is 3.35. The number of carbonyl (C=O) groups excluding carboxylic acids is 1. The van der Waals surface area contributed by atoms with E-state index in [0.29, 0.717) is 10.9 Å². The van der Waals surface area contributed by atoms with Crippen molar-refractivity contribution in [2.24, 2.45) is 5.92 Å². The molecule has 3 heterocycles. The molecule has 2 aliphatic rings. The number of benzene rings is 2. The van der Waals surface area contributed by atoms with Crippen molar-refractivity contribution in [3.05, 3.63) is 65.2 Å². The number of likely N-dealkylation sites (tertiary alicyclic amines) is 1. The lowest BCUT2D eigenvalue weighted by molar-refractivity contribution is 0.0332. The molecule has 1 aromatic heterocycles. The molecule has 0 aliphatic carbocycles. The van der Waals surface area contributed by atoms with Crippen LogP contribution in [0.1, 0.15) is 29.6 Å². The van der Waals surface area contributed by atoms with Crippen molar-refractivity contribution in [3.63, 3.8) is 0 Å². The molecule has 1 amide bonds. The van der Waals surface area contributed by atoms with Crippen molar-refractivity contribution >= 4 is 28.4 Å². The predicted octanol–water partition coefficient (Wildman–Crippen LogP) is 5.13. The molecule has 0 unspecified atom stereocenters. The first kappa shape index (κ1) is 22.3. The van der Waals surface area contributed by atoms with E-state index in [1.165, 1.54) is 6.42 Å². The molecule has 0 N–H and O–H groups in total. The number of amides is 1. The summed E-state index contributed by atoms with van der Waals surface area (Å²) >= 11 is 6.07. The highest BCUT2D eigenvalue weighted by Crippen LogP contribution is 2.29. The molecule has 2 fully saturated rings. The Morgan fingerprint density at radius 1 is 1.00 bits per heavy atom. The highest BCUT2D eigenvalue weighted by molar-refractivity contribution is 6.30. The molecular formula is C27H30ClN3O2. The van der Waals surface area contributed by atoms with E-state index in [2.05, 4.69) is 4.90 Å². The van der Waals surface area contributed by atoms with Gasteiger partial charge in [0.05, 0.1) is 30.0 Å². The molecule has 6 heteroatoms. The third-order valence-corrected chi connectivity index (χ3v) is 7.20. The average molecular weight is 464 g/mol. The number of hydrogen-bond donors (Lipinski definition) is 0. The van der Waals surface area contributed by atoms with Gasteiger partial charge < -0.3 is 9.64 Å². The van der Waals surface area contributed by atoms with Crippen LogP contribution in [0.3, 0.4) is 0 Å². The van der Waals surface area contributed by atoms with E-state index in [-0.39, 0.29) is 5.91 Å². The molecule has 172 valence electrons. The first-order valence-corrected chi connectivity index (χ1v) is 12.3. The SMILES string of the molecule is O=C(c1cc(-c2ccc(Cl)cc2)nc2ccccc12)N1CCC(CCN2CCOCC2)CC1. The van der Waals surface area contributed by atoms with Crippen LogP contribution in [-0.4, -0.2) is 66.6 Å². The maximum atomic E-state index is 13.6. The molecule has 0 spiro atoms. The highest BCUT2D eigenvalue weighted by Gasteiger charge is 2.26. The maximum Gasteiger partial charge on any atom is 0.254 e. The van der Waals surface area contributed by atoms with E-state index < -0.39 is 0 Å². The number of fused-ring (bicyclic) bond motifs is 1. The lowest BCUT2D eigenvalue weighted by Crippen LogP contribution is -2.41. The van der Waals surface area contributed by atoms with Crippen LogP contribution in [0, 0.1) is 5.92 Å². The Kier molecular flexibility index (Phi) is 6.91. The summed E-state index contributed by atoms with van der Waals surface area (Å²) < 4.78 is 5.45. The van der Waals surface area contributed by atoms with Crippen molar-refractivity contribution < 1.29 is 9.53 Å². The Bertz CT molecular complexity index is 1100. The molecule has 3 aromatic rings. The quantitative estimate of drug-likeness (QED) is 0.526. The van der Waals surface area contributed by atoms with Gasteiger partial charge in [0.2, 0.25) is 0 Å². The fourth-order valence-corrected chi connectivity index (χ4v) is 5.03. The average Bonchev–Trinajstić information content (AvgIpc) is 2.88. The van der Waals surface area contributed by atoms with E-state index in [1.807, 2.05) is 59.5 Å². The van der Waals surface area contributed by atoms with Crippen molar-refractivity contribution in [3.8, 4) is 11.3 Å². The largest absolute Gasteiger partial charge is 0.379 e. The minimum Gasteiger partial charge on any atom is -0.379 e. The second-order valence-corrected chi connectivity index (χ2v) is 9.49. The molecule has 2 aromatic carbocycles. The Balaban J connectivity index is 1.30. The van der Waals surface area contributed by atoms with Crippen LogP contribution in [0.5, 0.6) is 0 Å². The zero-order valence-corrected chi connectivity index (χ0v) is 19.6. The first-order valence-electron chi connectivity index (χ1n) is 11.9. The first-order chi connectivity index (χ1) is 16.2. The number of halogens is 1. The topological polar surface area (TPSA) is 45.7 Å². The second-order valence-electron chi connectivity index (χ2n) is 9.06. The number of nitrogens with zero attached hydrogens (tertiary/aromatic N) is 3. The third-order valence-electron chi connectivity index (χ3n) is 6.95. The Hall–Kier alpha value is -2.47. The van der Waals surface area contributed by atoms with Crippen LogP contribution in [0.4, 0.5) is 0 Å². The van der Waals surface area contributed by atoms with E-state index in [1.54, 1.807) is 0 Å². The second kappa shape index (κ2) is 10.2. The van der Waals surface area contributed by atoms with Gasteiger partial charge in [-0.3, -0.25) is 9.69 Å². The lowest BCUT2D eigenvalue weighted by Gasteiger charge is -2.34. The van der Waals surface area contributed by atoms with Crippen LogP contribution in [0.25, 0.3) is 22.2 Å². The Labute approximate surface area is 200 Å². The number of hydrogen-bond acceptors (Lipinski definition) is 4. The highest BCUT2D eigenvalue weighted by atomic mass is 35.5. The summed E-state index contributed by atoms with van der Waals surface area (Å²) in [6, 6.07) is 17.5. The van der Waals surface area contributed by atoms with E-state index >= 15 is 0 Å². The van der Waals surface area contributed by atoms with Gasteiger partial charge in [-0.15, -0.1) is 0 Å². The number of carbonyl (C=O) groups is 1. The number of piperidine rings is 1. The molecule has 5 rings (SSSR count). The van der Waals surface area contributed by atoms with Gasteiger partial charge in [-0.1, -0.05) is 41.9 Å². The van der Waals surface area contributed by atoms with Crippen LogP contribution in [0.15, 0.2) is 54.6 Å². The normalized spacial score (nSPS) is 18.0. The molecule has 0 atom stereocenters. The van der Waals surface area contributed by atoms with Gasteiger partial charge in [-0.05, 0) is 56.0 Å². The van der Waals surface area contributed by atoms with Gasteiger partial charge in [-0.25, -0.2) is 4.98 Å². The predicted molar refractivity (Wildman–Crippen MR) is 133 cm³/mol. The summed E-state index contributed by atoms with van der Waals surface area (Å²) in [7, 11) is 0. The molecular weight excluding hydrogens is 434 g/mol. The van der Waals surface area contributed by atoms with Crippen molar-refractivity contribution in [1.82, 2.24) is 14.8 Å². The summed E-state index contributed by atoms with van der Waals surface area (Å²) in [5.41, 5.74) is 3.33. The number of ether oxygens (including phenoxy) is 1. The standard InChI is InChI=1S/C27H30ClN3O2/c28-22-7-5-21(6-8-22)26-19-24(23-3-1-2-4-25(23)29-26)27(32)31-13-10-20(11-14-31)9-12-30-15-17-33-18-16-30/h1-8,19-20H,9-18H2. The smallest absolute Gasteiger partial charge is 0.254 e. The van der Waals surface area contributed by atoms with Gasteiger partial charge in [0.25, 0.3) is 5.91 Å². The molecule has 0 bridgehead atoms. The van der Waals surface area contributed by atoms with Crippen LogP contribution < -0.4 is 0 Å². The van der Waals surface area contributed by atoms with E-state index in [0.717, 1.165) is 86.5 Å². The van der Waals surface area contributed by atoms with Gasteiger partial charge >= 0.3 is 0 Å². The minimum atomic E-state index is 0.107. The molecule has 33 heavy (non-hydrogen) atoms. The zero-order chi connectivity index (χ0) is 22.6. The Morgan fingerprint density at radius 3 is 2.48 bits per heavy atom. The number of morpholine rings is 1. The summed E-state index contributed by atoms with van der Waals surface area (Å²) in [4.78, 5) is 23.0. The van der Waals surface area contributed by atoms with E-state index in [9.17, 15) is 4.79 Å². The third kappa shape index (κ3) is 5.21. The van der Waals surface area contributed by atoms with Gasteiger partial charge in [-0.2, -0.15) is 0 Å². The molecule has 0 saturated carbocycles. The maximum absolute atomic E-state index is 13.6. The fourth-order valence-electron chi connectivity index (χ4n) is 4.91. The van der Waals surface area contributed by atoms with Crippen LogP contribution >= 0.6 is 11.6 Å². The Morgan fingerprint density at radius 2 is 1.73 bits per heavy atom. The van der Waals surface area contributed by atoms with Gasteiger partial charge in [0.15, 0.2) is 0 Å². The van der Waals surface area contributed by atoms with Crippen LogP contribution in [0.2, 0.25) is 5.02 Å². The molecule has 5 nitrogen and oxygen atoms in total. The molecule has 2 aliphatic heterocycles. The van der Waals surface area contributed by atoms with Crippen molar-refractivity contribution in [2.75, 3.05) is 45.9 Å². The van der Waals surface area contributed by atoms with Crippen molar-refractivity contribution in [2.45, 2.75) is 19.3 Å². The summed E-state index contributed by atoms with van der Waals surface area (Å²) in [5, 5.41) is 1.60. The minimum absolute atomic E-state index is 0.107. The fraction of sp³-hybridized carbons (Fsp3) is 0.407. The molecule has 2 saturated heterocycles. The monoisotopic (exact) mass is 463 g/mol. The zero-order valence-electron chi connectivity index (χ0n) is 18.9. The number of aromatic nitrogens is 1. The lowest BCUT2D eigenvalue weighted by atomic mass is 9.92.